The molecule has 4 N–H and O–H groups in total. The van der Waals surface area contributed by atoms with Gasteiger partial charge in [-0.1, -0.05) is 13.8 Å². The van der Waals surface area contributed by atoms with E-state index in [9.17, 15) is 0 Å². The summed E-state index contributed by atoms with van der Waals surface area (Å²) < 4.78 is 19.1. The van der Waals surface area contributed by atoms with E-state index in [1.165, 1.54) is 0 Å². The molecule has 0 aromatic carbocycles. The predicted octanol–water partition coefficient (Wildman–Crippen LogP) is -0.261. The van der Waals surface area contributed by atoms with Crippen LogP contribution in [0.5, 0.6) is 0 Å². The molecule has 0 aromatic rings. The number of hydrogen-bond acceptors (Lipinski definition) is 4. The molecule has 0 aliphatic rings. The first-order valence-electron chi connectivity index (χ1n) is 4.82. The Labute approximate surface area is 95.3 Å². The van der Waals surface area contributed by atoms with Gasteiger partial charge in [0.1, 0.15) is 0 Å². The highest BCUT2D eigenvalue weighted by Gasteiger charge is 2.00. The molecule has 0 saturated heterocycles. The zero-order valence-electron chi connectivity index (χ0n) is 9.57. The van der Waals surface area contributed by atoms with Crippen molar-refractivity contribution in [3.63, 3.8) is 0 Å². The molecule has 0 amide bonds. The van der Waals surface area contributed by atoms with Crippen molar-refractivity contribution in [3.05, 3.63) is 0 Å². The fourth-order valence-corrected chi connectivity index (χ4v) is 0.603. The van der Waals surface area contributed by atoms with Crippen LogP contribution >= 0.6 is 7.82 Å². The van der Waals surface area contributed by atoms with Gasteiger partial charge in [-0.15, -0.1) is 0 Å². The molecule has 100 valence electrons. The molecule has 0 aliphatic carbocycles. The summed E-state index contributed by atoms with van der Waals surface area (Å²) in [6, 6.07) is 0. The summed E-state index contributed by atoms with van der Waals surface area (Å²) >= 11 is 0. The first-order valence-corrected chi connectivity index (χ1v) is 6.38. The Morgan fingerprint density at radius 2 is 1.50 bits per heavy atom. The van der Waals surface area contributed by atoms with Crippen molar-refractivity contribution in [1.82, 2.24) is 0 Å². The first kappa shape index (κ1) is 18.4. The molecule has 0 aromatic heterocycles. The lowest BCUT2D eigenvalue weighted by Gasteiger charge is -2.06. The van der Waals surface area contributed by atoms with Gasteiger partial charge in [0.25, 0.3) is 0 Å². The van der Waals surface area contributed by atoms with Crippen molar-refractivity contribution < 1.29 is 33.8 Å². The van der Waals surface area contributed by atoms with Crippen LogP contribution in [0.2, 0.25) is 0 Å². The number of ether oxygens (including phenoxy) is 2. The van der Waals surface area contributed by atoms with Crippen LogP contribution in [0, 0.1) is 5.92 Å². The van der Waals surface area contributed by atoms with E-state index in [1.54, 1.807) is 0 Å². The topological polar surface area (TPSA) is 116 Å². The largest absolute Gasteiger partial charge is 0.466 e. The molecule has 0 fully saturated rings. The molecular weight excluding hydrogens is 239 g/mol. The summed E-state index contributed by atoms with van der Waals surface area (Å²) in [4.78, 5) is 21.6. The summed E-state index contributed by atoms with van der Waals surface area (Å²) in [5.74, 6) is 0.577. The Bertz CT molecular complexity index is 171. The second-order valence-electron chi connectivity index (χ2n) is 3.32. The van der Waals surface area contributed by atoms with Gasteiger partial charge in [-0.3, -0.25) is 0 Å². The van der Waals surface area contributed by atoms with Crippen LogP contribution in [-0.2, 0) is 14.0 Å². The zero-order valence-corrected chi connectivity index (χ0v) is 10.5. The highest BCUT2D eigenvalue weighted by molar-refractivity contribution is 7.45. The number of phosphoric acid groups is 1. The molecule has 0 heterocycles. The third-order valence-electron chi connectivity index (χ3n) is 1.06. The summed E-state index contributed by atoms with van der Waals surface area (Å²) in [6.07, 6.45) is 0. The normalized spacial score (nSPS) is 11.2. The Balaban J connectivity index is 0. The van der Waals surface area contributed by atoms with Crippen molar-refractivity contribution in [1.29, 1.82) is 0 Å². The molecule has 7 nitrogen and oxygen atoms in total. The smallest absolute Gasteiger partial charge is 0.394 e. The van der Waals surface area contributed by atoms with Crippen molar-refractivity contribution in [3.8, 4) is 0 Å². The fraction of sp³-hybridized carbons (Fsp3) is 1.00. The minimum absolute atomic E-state index is 0.0875. The number of hydrogen-bond donors (Lipinski definition) is 4. The summed E-state index contributed by atoms with van der Waals surface area (Å²) in [5.41, 5.74) is 0. The first-order chi connectivity index (χ1) is 7.27. The van der Waals surface area contributed by atoms with Crippen LogP contribution in [0.3, 0.4) is 0 Å². The highest BCUT2D eigenvalue weighted by atomic mass is 31.2. The monoisotopic (exact) mass is 260 g/mol. The molecule has 0 atom stereocenters. The minimum atomic E-state index is -4.64. The van der Waals surface area contributed by atoms with E-state index in [-0.39, 0.29) is 6.61 Å². The average Bonchev–Trinajstić information content (AvgIpc) is 2.08. The van der Waals surface area contributed by atoms with E-state index in [0.717, 1.165) is 6.61 Å². The zero-order chi connectivity index (χ0) is 13.0. The standard InChI is InChI=1S/C8H18O3.H3O4P/c1-8(2)7-11-6-5-10-4-3-9;1-5(2,3)4/h8-9H,3-7H2,1-2H3;(H3,1,2,3,4). The summed E-state index contributed by atoms with van der Waals surface area (Å²) in [6.45, 7) is 6.69. The van der Waals surface area contributed by atoms with Crippen LogP contribution < -0.4 is 0 Å². The Hall–Kier alpha value is -0.0100. The van der Waals surface area contributed by atoms with Gasteiger partial charge in [0.15, 0.2) is 0 Å². The maximum atomic E-state index is 8.88. The van der Waals surface area contributed by atoms with Crippen molar-refractivity contribution >= 4 is 7.82 Å². The van der Waals surface area contributed by atoms with Crippen LogP contribution in [0.15, 0.2) is 0 Å². The molecule has 0 saturated carbocycles. The average molecular weight is 260 g/mol. The van der Waals surface area contributed by atoms with E-state index < -0.39 is 7.82 Å². The van der Waals surface area contributed by atoms with Gasteiger partial charge >= 0.3 is 7.82 Å². The molecule has 0 bridgehead atoms. The maximum Gasteiger partial charge on any atom is 0.466 e. The lowest BCUT2D eigenvalue weighted by molar-refractivity contribution is 0.0255. The molecular formula is C8H21O7P. The number of aliphatic hydroxyl groups is 1. The summed E-state index contributed by atoms with van der Waals surface area (Å²) in [7, 11) is -4.64. The second-order valence-corrected chi connectivity index (χ2v) is 4.34. The Morgan fingerprint density at radius 1 is 1.06 bits per heavy atom. The van der Waals surface area contributed by atoms with Crippen LogP contribution in [-0.4, -0.2) is 52.8 Å². The molecule has 0 spiro atoms. The molecule has 0 radical (unpaired) electrons. The Kier molecular flexibility index (Phi) is 13.2. The van der Waals surface area contributed by atoms with Gasteiger partial charge in [0, 0.05) is 6.61 Å². The third-order valence-corrected chi connectivity index (χ3v) is 1.06. The van der Waals surface area contributed by atoms with Gasteiger partial charge < -0.3 is 29.3 Å². The van der Waals surface area contributed by atoms with Crippen LogP contribution in [0.4, 0.5) is 0 Å². The third kappa shape index (κ3) is 37.0. The van der Waals surface area contributed by atoms with Gasteiger partial charge in [-0.25, -0.2) is 4.57 Å². The maximum absolute atomic E-state index is 8.88. The van der Waals surface area contributed by atoms with Gasteiger partial charge in [0.2, 0.25) is 0 Å². The van der Waals surface area contributed by atoms with Crippen molar-refractivity contribution in [2.24, 2.45) is 5.92 Å². The van der Waals surface area contributed by atoms with Crippen LogP contribution in [0.25, 0.3) is 0 Å². The molecule has 16 heavy (non-hydrogen) atoms. The quantitative estimate of drug-likeness (QED) is 0.368. The minimum Gasteiger partial charge on any atom is -0.394 e. The van der Waals surface area contributed by atoms with Gasteiger partial charge in [-0.05, 0) is 5.92 Å². The number of aliphatic hydroxyl groups excluding tert-OH is 1. The molecule has 0 rings (SSSR count). The van der Waals surface area contributed by atoms with Gasteiger partial charge in [0.05, 0.1) is 26.4 Å². The SMILES string of the molecule is CC(C)COCCOCCO.O=P(O)(O)O. The van der Waals surface area contributed by atoms with E-state index in [4.69, 9.17) is 33.8 Å². The van der Waals surface area contributed by atoms with E-state index in [1.807, 2.05) is 0 Å². The molecule has 0 unspecified atom stereocenters. The predicted molar refractivity (Wildman–Crippen MR) is 57.8 cm³/mol. The molecule has 0 aliphatic heterocycles. The highest BCUT2D eigenvalue weighted by Crippen LogP contribution is 2.25. The van der Waals surface area contributed by atoms with Gasteiger partial charge in [-0.2, -0.15) is 0 Å². The van der Waals surface area contributed by atoms with E-state index in [2.05, 4.69) is 13.8 Å². The van der Waals surface area contributed by atoms with E-state index >= 15 is 0 Å². The van der Waals surface area contributed by atoms with Crippen molar-refractivity contribution in [2.45, 2.75) is 13.8 Å². The fourth-order valence-electron chi connectivity index (χ4n) is 0.603. The Morgan fingerprint density at radius 3 is 1.88 bits per heavy atom. The lowest BCUT2D eigenvalue weighted by Crippen LogP contribution is -2.10. The van der Waals surface area contributed by atoms with Crippen molar-refractivity contribution in [2.75, 3.05) is 33.0 Å². The molecule has 8 heteroatoms. The van der Waals surface area contributed by atoms with E-state index in [0.29, 0.717) is 25.7 Å². The summed E-state index contributed by atoms with van der Waals surface area (Å²) in [5, 5.41) is 8.35. The number of rotatable bonds is 7. The lowest BCUT2D eigenvalue weighted by atomic mass is 10.2. The second kappa shape index (κ2) is 11.5. The van der Waals surface area contributed by atoms with Crippen LogP contribution in [0.1, 0.15) is 13.8 Å².